The molecule has 0 aliphatic carbocycles. The van der Waals surface area contributed by atoms with Crippen LogP contribution in [0, 0.1) is 0 Å². The van der Waals surface area contributed by atoms with E-state index in [2.05, 4.69) is 31.3 Å². The molecule has 1 amide bonds. The highest BCUT2D eigenvalue weighted by atomic mass is 16.3. The standard InChI is InChI=1S/C50H99NO4/c1-3-5-7-9-11-13-15-17-19-20-21-22-23-24-25-26-27-28-29-30-31-33-35-37-39-41-43-45-49(54)51-47(46-52)50(55)48(53)44-42-40-38-36-34-32-18-16-14-12-10-8-6-4-2/h24-25,47-48,50,52-53,55H,3-23,26-46H2,1-2H3,(H,51,54)/b25-24-. The molecule has 0 fully saturated rings. The molecule has 0 saturated carbocycles. The number of unbranched alkanes of at least 4 members (excludes halogenated alkanes) is 36. The van der Waals surface area contributed by atoms with Gasteiger partial charge in [-0.3, -0.25) is 4.79 Å². The summed E-state index contributed by atoms with van der Waals surface area (Å²) >= 11 is 0. The summed E-state index contributed by atoms with van der Waals surface area (Å²) in [6, 6.07) is -0.806. The van der Waals surface area contributed by atoms with E-state index in [-0.39, 0.29) is 12.5 Å². The Labute approximate surface area is 344 Å². The molecule has 0 radical (unpaired) electrons. The number of nitrogens with one attached hydrogen (secondary N) is 1. The van der Waals surface area contributed by atoms with Gasteiger partial charge in [0.2, 0.25) is 5.91 Å². The first-order valence-electron chi connectivity index (χ1n) is 25.0. The largest absolute Gasteiger partial charge is 0.394 e. The van der Waals surface area contributed by atoms with Crippen LogP contribution >= 0.6 is 0 Å². The Morgan fingerprint density at radius 3 is 1.05 bits per heavy atom. The van der Waals surface area contributed by atoms with Crippen LogP contribution in [0.4, 0.5) is 0 Å². The zero-order chi connectivity index (χ0) is 40.1. The van der Waals surface area contributed by atoms with Crippen LogP contribution in [0.1, 0.15) is 277 Å². The van der Waals surface area contributed by atoms with Gasteiger partial charge >= 0.3 is 0 Å². The highest BCUT2D eigenvalue weighted by Crippen LogP contribution is 2.17. The third-order valence-corrected chi connectivity index (χ3v) is 11.9. The van der Waals surface area contributed by atoms with E-state index >= 15 is 0 Å². The van der Waals surface area contributed by atoms with Crippen molar-refractivity contribution in [2.45, 2.75) is 295 Å². The van der Waals surface area contributed by atoms with E-state index in [1.54, 1.807) is 0 Å². The van der Waals surface area contributed by atoms with Crippen LogP contribution in [0.5, 0.6) is 0 Å². The second-order valence-corrected chi connectivity index (χ2v) is 17.4. The van der Waals surface area contributed by atoms with Crippen molar-refractivity contribution in [1.82, 2.24) is 5.32 Å². The summed E-state index contributed by atoms with van der Waals surface area (Å²) in [5, 5.41) is 33.6. The molecule has 0 heterocycles. The summed E-state index contributed by atoms with van der Waals surface area (Å²) in [5.41, 5.74) is 0. The van der Waals surface area contributed by atoms with Gasteiger partial charge in [-0.05, 0) is 38.5 Å². The van der Waals surface area contributed by atoms with Gasteiger partial charge in [-0.15, -0.1) is 0 Å². The smallest absolute Gasteiger partial charge is 0.220 e. The molecule has 3 atom stereocenters. The van der Waals surface area contributed by atoms with Crippen molar-refractivity contribution < 1.29 is 20.1 Å². The van der Waals surface area contributed by atoms with Crippen LogP contribution < -0.4 is 5.32 Å². The van der Waals surface area contributed by atoms with Gasteiger partial charge in [0.15, 0.2) is 0 Å². The minimum atomic E-state index is -1.13. The van der Waals surface area contributed by atoms with Gasteiger partial charge < -0.3 is 20.6 Å². The highest BCUT2D eigenvalue weighted by Gasteiger charge is 2.26. The normalized spacial score (nSPS) is 13.5. The van der Waals surface area contributed by atoms with E-state index in [0.717, 1.165) is 38.5 Å². The number of hydrogen-bond acceptors (Lipinski definition) is 4. The fourth-order valence-corrected chi connectivity index (χ4v) is 7.98. The zero-order valence-electron chi connectivity index (χ0n) is 37.3. The number of hydrogen-bond donors (Lipinski definition) is 4. The predicted molar refractivity (Wildman–Crippen MR) is 241 cm³/mol. The van der Waals surface area contributed by atoms with Crippen LogP contribution in [0.3, 0.4) is 0 Å². The molecule has 5 heteroatoms. The van der Waals surface area contributed by atoms with E-state index in [1.807, 2.05) is 0 Å². The SMILES string of the molecule is CCCCCCCCCCCCCC/C=C\CCCCCCCCCCCCCC(=O)NC(CO)C(O)C(O)CCCCCCCCCCCCCCCC. The Morgan fingerprint density at radius 1 is 0.436 bits per heavy atom. The minimum Gasteiger partial charge on any atom is -0.394 e. The van der Waals surface area contributed by atoms with Crippen molar-refractivity contribution in [3.05, 3.63) is 12.2 Å². The average molecular weight is 778 g/mol. The number of aliphatic hydroxyl groups excluding tert-OH is 3. The Balaban J connectivity index is 3.53. The lowest BCUT2D eigenvalue weighted by Gasteiger charge is -2.26. The van der Waals surface area contributed by atoms with Gasteiger partial charge in [0.1, 0.15) is 6.10 Å². The quantitative estimate of drug-likeness (QED) is 0.0366. The minimum absolute atomic E-state index is 0.142. The maximum absolute atomic E-state index is 12.5. The first-order valence-corrected chi connectivity index (χ1v) is 25.0. The Hall–Kier alpha value is -0.910. The third kappa shape index (κ3) is 41.1. The fourth-order valence-electron chi connectivity index (χ4n) is 7.98. The monoisotopic (exact) mass is 778 g/mol. The van der Waals surface area contributed by atoms with E-state index in [4.69, 9.17) is 0 Å². The molecule has 55 heavy (non-hydrogen) atoms. The summed E-state index contributed by atoms with van der Waals surface area (Å²) in [5.74, 6) is -0.142. The molecule has 5 nitrogen and oxygen atoms in total. The molecule has 0 aliphatic heterocycles. The molecule has 328 valence electrons. The molecule has 0 saturated heterocycles. The molecule has 0 spiro atoms. The lowest BCUT2D eigenvalue weighted by molar-refractivity contribution is -0.124. The van der Waals surface area contributed by atoms with Crippen LogP contribution in [0.25, 0.3) is 0 Å². The second-order valence-electron chi connectivity index (χ2n) is 17.4. The topological polar surface area (TPSA) is 89.8 Å². The second kappa shape index (κ2) is 45.8. The van der Waals surface area contributed by atoms with Crippen LogP contribution in [0.2, 0.25) is 0 Å². The Bertz CT molecular complexity index is 773. The predicted octanol–water partition coefficient (Wildman–Crippen LogP) is 14.8. The average Bonchev–Trinajstić information content (AvgIpc) is 3.19. The molecular weight excluding hydrogens is 679 g/mol. The van der Waals surface area contributed by atoms with Crippen LogP contribution in [0.15, 0.2) is 12.2 Å². The molecule has 0 rings (SSSR count). The van der Waals surface area contributed by atoms with Crippen molar-refractivity contribution in [2.24, 2.45) is 0 Å². The van der Waals surface area contributed by atoms with Crippen molar-refractivity contribution in [2.75, 3.05) is 6.61 Å². The summed E-state index contributed by atoms with van der Waals surface area (Å²) in [6.45, 7) is 4.20. The first-order chi connectivity index (χ1) is 27.1. The van der Waals surface area contributed by atoms with Gasteiger partial charge in [-0.1, -0.05) is 244 Å². The van der Waals surface area contributed by atoms with Gasteiger partial charge in [0.25, 0.3) is 0 Å². The number of amides is 1. The van der Waals surface area contributed by atoms with E-state index < -0.39 is 18.2 Å². The van der Waals surface area contributed by atoms with Crippen molar-refractivity contribution in [3.8, 4) is 0 Å². The summed E-state index contributed by atoms with van der Waals surface area (Å²) in [6.07, 6.45) is 54.8. The summed E-state index contributed by atoms with van der Waals surface area (Å²) in [7, 11) is 0. The zero-order valence-corrected chi connectivity index (χ0v) is 37.3. The summed E-state index contributed by atoms with van der Waals surface area (Å²) < 4.78 is 0. The molecule has 0 aliphatic rings. The molecule has 0 aromatic carbocycles. The van der Waals surface area contributed by atoms with E-state index in [9.17, 15) is 20.1 Å². The van der Waals surface area contributed by atoms with Gasteiger partial charge in [-0.2, -0.15) is 0 Å². The number of carbonyl (C=O) groups is 1. The Kier molecular flexibility index (Phi) is 45.0. The molecule has 0 bridgehead atoms. The van der Waals surface area contributed by atoms with Gasteiger partial charge in [-0.25, -0.2) is 0 Å². The van der Waals surface area contributed by atoms with Gasteiger partial charge in [0.05, 0.1) is 18.8 Å². The number of carbonyl (C=O) groups excluding carboxylic acids is 1. The molecule has 4 N–H and O–H groups in total. The Morgan fingerprint density at radius 2 is 0.727 bits per heavy atom. The maximum Gasteiger partial charge on any atom is 0.220 e. The summed E-state index contributed by atoms with van der Waals surface area (Å²) in [4.78, 5) is 12.5. The third-order valence-electron chi connectivity index (χ3n) is 11.9. The fraction of sp³-hybridized carbons (Fsp3) is 0.940. The molecule has 0 aromatic heterocycles. The van der Waals surface area contributed by atoms with Crippen LogP contribution in [-0.4, -0.2) is 46.1 Å². The number of aliphatic hydroxyl groups is 3. The lowest BCUT2D eigenvalue weighted by Crippen LogP contribution is -2.50. The molecule has 3 unspecified atom stereocenters. The first kappa shape index (κ1) is 54.1. The maximum atomic E-state index is 12.5. The number of rotatable bonds is 46. The van der Waals surface area contributed by atoms with Crippen molar-refractivity contribution >= 4 is 5.91 Å². The van der Waals surface area contributed by atoms with E-state index in [1.165, 1.54) is 212 Å². The number of allylic oxidation sites excluding steroid dienone is 2. The van der Waals surface area contributed by atoms with E-state index in [0.29, 0.717) is 12.8 Å². The van der Waals surface area contributed by atoms with Crippen molar-refractivity contribution in [1.29, 1.82) is 0 Å². The van der Waals surface area contributed by atoms with Gasteiger partial charge in [0, 0.05) is 6.42 Å². The molecular formula is C50H99NO4. The van der Waals surface area contributed by atoms with Crippen molar-refractivity contribution in [3.63, 3.8) is 0 Å². The molecule has 0 aromatic rings. The lowest BCUT2D eigenvalue weighted by atomic mass is 9.99. The highest BCUT2D eigenvalue weighted by molar-refractivity contribution is 5.76. The van der Waals surface area contributed by atoms with Crippen LogP contribution in [-0.2, 0) is 4.79 Å².